The van der Waals surface area contributed by atoms with Crippen molar-refractivity contribution in [3.8, 4) is 0 Å². The summed E-state index contributed by atoms with van der Waals surface area (Å²) in [6.45, 7) is 1.97. The highest BCUT2D eigenvalue weighted by Crippen LogP contribution is 1.95. The van der Waals surface area contributed by atoms with Gasteiger partial charge in [-0.3, -0.25) is 0 Å². The number of ether oxygens (including phenoxy) is 2. The minimum atomic E-state index is -0.635. The Morgan fingerprint density at radius 2 is 2.15 bits per heavy atom. The fraction of sp³-hybridized carbons (Fsp3) is 0.714. The molecule has 1 N–H and O–H groups in total. The molecule has 0 aliphatic heterocycles. The minimum absolute atomic E-state index is 0.279. The summed E-state index contributed by atoms with van der Waals surface area (Å²) >= 11 is 1.98. The third kappa shape index (κ3) is 4.91. The van der Waals surface area contributed by atoms with Gasteiger partial charge in [0.2, 0.25) is 0 Å². The van der Waals surface area contributed by atoms with Crippen LogP contribution in [-0.4, -0.2) is 36.2 Å². The fourth-order valence-electron chi connectivity index (χ4n) is 0.618. The zero-order chi connectivity index (χ0) is 10.3. The third-order valence-corrected chi connectivity index (χ3v) is 2.09. The van der Waals surface area contributed by atoms with E-state index in [9.17, 15) is 9.59 Å². The van der Waals surface area contributed by atoms with E-state index in [-0.39, 0.29) is 6.61 Å². The molecule has 0 rings (SSSR count). The summed E-state index contributed by atoms with van der Waals surface area (Å²) in [7, 11) is 1.27. The van der Waals surface area contributed by atoms with Crippen molar-refractivity contribution in [1.82, 2.24) is 5.32 Å². The van der Waals surface area contributed by atoms with Crippen LogP contribution >= 0.6 is 22.6 Å². The van der Waals surface area contributed by atoms with Gasteiger partial charge >= 0.3 is 12.1 Å². The smallest absolute Gasteiger partial charge is 0.407 e. The Kier molecular flexibility index (Phi) is 6.65. The molecule has 1 atom stereocenters. The van der Waals surface area contributed by atoms with Gasteiger partial charge in [0.05, 0.1) is 13.7 Å². The van der Waals surface area contributed by atoms with Crippen molar-refractivity contribution >= 4 is 34.7 Å². The fourth-order valence-corrected chi connectivity index (χ4v) is 1.20. The number of esters is 1. The number of alkyl halides is 1. The quantitative estimate of drug-likeness (QED) is 0.472. The average Bonchev–Trinajstić information content (AvgIpc) is 2.13. The Labute approximate surface area is 90.3 Å². The summed E-state index contributed by atoms with van der Waals surface area (Å²) in [6.07, 6.45) is -0.602. The van der Waals surface area contributed by atoms with Crippen LogP contribution in [0.2, 0.25) is 0 Å². The first-order chi connectivity index (χ1) is 6.15. The first-order valence-corrected chi connectivity index (χ1v) is 5.25. The van der Waals surface area contributed by atoms with Gasteiger partial charge in [0.25, 0.3) is 0 Å². The highest BCUT2D eigenvalue weighted by atomic mass is 127. The van der Waals surface area contributed by atoms with E-state index in [4.69, 9.17) is 0 Å². The predicted molar refractivity (Wildman–Crippen MR) is 54.8 cm³/mol. The van der Waals surface area contributed by atoms with E-state index < -0.39 is 18.1 Å². The maximum absolute atomic E-state index is 11.0. The number of amides is 1. The summed E-state index contributed by atoms with van der Waals surface area (Å²) in [5.41, 5.74) is 0. The third-order valence-electron chi connectivity index (χ3n) is 1.21. The molecular formula is C7H12INO4. The molecule has 0 aromatic rings. The average molecular weight is 301 g/mol. The molecule has 6 heteroatoms. The van der Waals surface area contributed by atoms with Gasteiger partial charge in [-0.1, -0.05) is 22.6 Å². The number of alkyl carbamates (subject to hydrolysis) is 1. The van der Waals surface area contributed by atoms with E-state index in [1.54, 1.807) is 6.92 Å². The van der Waals surface area contributed by atoms with Crippen molar-refractivity contribution in [3.05, 3.63) is 0 Å². The summed E-state index contributed by atoms with van der Waals surface area (Å²) in [5, 5.41) is 2.38. The molecule has 0 heterocycles. The van der Waals surface area contributed by atoms with Crippen LogP contribution in [0.3, 0.4) is 0 Å². The van der Waals surface area contributed by atoms with Gasteiger partial charge in [0, 0.05) is 4.43 Å². The van der Waals surface area contributed by atoms with E-state index in [1.165, 1.54) is 7.11 Å². The van der Waals surface area contributed by atoms with Crippen molar-refractivity contribution < 1.29 is 19.1 Å². The Balaban J connectivity index is 3.97. The molecule has 1 unspecified atom stereocenters. The van der Waals surface area contributed by atoms with Crippen LogP contribution in [0.4, 0.5) is 4.79 Å². The van der Waals surface area contributed by atoms with Crippen LogP contribution in [0.25, 0.3) is 0 Å². The minimum Gasteiger partial charge on any atom is -0.467 e. The van der Waals surface area contributed by atoms with Gasteiger partial charge in [-0.2, -0.15) is 0 Å². The summed E-state index contributed by atoms with van der Waals surface area (Å²) in [6, 6.07) is -0.635. The molecule has 0 aromatic carbocycles. The lowest BCUT2D eigenvalue weighted by atomic mass is 10.3. The van der Waals surface area contributed by atoms with Crippen molar-refractivity contribution in [2.24, 2.45) is 0 Å². The Hall–Kier alpha value is -0.530. The van der Waals surface area contributed by atoms with E-state index in [0.717, 1.165) is 0 Å². The van der Waals surface area contributed by atoms with Gasteiger partial charge in [-0.05, 0) is 6.92 Å². The number of carbonyl (C=O) groups is 2. The zero-order valence-electron chi connectivity index (χ0n) is 7.50. The summed E-state index contributed by atoms with van der Waals surface area (Å²) in [4.78, 5) is 21.9. The van der Waals surface area contributed by atoms with Crippen molar-refractivity contribution in [3.63, 3.8) is 0 Å². The Morgan fingerprint density at radius 1 is 1.54 bits per heavy atom. The number of halogens is 1. The Morgan fingerprint density at radius 3 is 2.54 bits per heavy atom. The highest BCUT2D eigenvalue weighted by Gasteiger charge is 2.20. The van der Waals surface area contributed by atoms with Crippen molar-refractivity contribution in [2.45, 2.75) is 13.0 Å². The second-order valence-corrected chi connectivity index (χ2v) is 2.98. The molecule has 0 fully saturated rings. The lowest BCUT2D eigenvalue weighted by Crippen LogP contribution is -2.42. The molecule has 0 aliphatic carbocycles. The largest absolute Gasteiger partial charge is 0.467 e. The van der Waals surface area contributed by atoms with Crippen LogP contribution in [0.5, 0.6) is 0 Å². The first-order valence-electron chi connectivity index (χ1n) is 3.72. The van der Waals surface area contributed by atoms with Crippen LogP contribution < -0.4 is 5.32 Å². The van der Waals surface area contributed by atoms with Crippen LogP contribution in [0.15, 0.2) is 0 Å². The van der Waals surface area contributed by atoms with Gasteiger partial charge in [-0.25, -0.2) is 9.59 Å². The molecule has 0 radical (unpaired) electrons. The number of nitrogens with one attached hydrogen (secondary N) is 1. The number of carbonyl (C=O) groups excluding carboxylic acids is 2. The van der Waals surface area contributed by atoms with E-state index in [1.807, 2.05) is 22.6 Å². The number of methoxy groups -OCH3 is 1. The second kappa shape index (κ2) is 6.93. The molecule has 0 spiro atoms. The number of hydrogen-bond donors (Lipinski definition) is 1. The molecule has 0 saturated carbocycles. The van der Waals surface area contributed by atoms with E-state index in [0.29, 0.717) is 4.43 Å². The lowest BCUT2D eigenvalue weighted by molar-refractivity contribution is -0.142. The standard InChI is InChI=1S/C7H12INO4/c1-3-13-7(11)9-5(4-8)6(10)12-2/h5H,3-4H2,1-2H3,(H,9,11). The van der Waals surface area contributed by atoms with Crippen LogP contribution in [0.1, 0.15) is 6.92 Å². The maximum Gasteiger partial charge on any atom is 0.407 e. The molecule has 0 aliphatic rings. The second-order valence-electron chi connectivity index (χ2n) is 2.09. The monoisotopic (exact) mass is 301 g/mol. The van der Waals surface area contributed by atoms with Gasteiger partial charge in [0.15, 0.2) is 0 Å². The van der Waals surface area contributed by atoms with Gasteiger partial charge in [-0.15, -0.1) is 0 Å². The number of rotatable bonds is 4. The molecule has 13 heavy (non-hydrogen) atoms. The van der Waals surface area contributed by atoms with Gasteiger partial charge in [0.1, 0.15) is 6.04 Å². The van der Waals surface area contributed by atoms with Crippen molar-refractivity contribution in [1.29, 1.82) is 0 Å². The zero-order valence-corrected chi connectivity index (χ0v) is 9.66. The SMILES string of the molecule is CCOC(=O)NC(CI)C(=O)OC. The molecule has 0 saturated heterocycles. The van der Waals surface area contributed by atoms with Gasteiger partial charge < -0.3 is 14.8 Å². The predicted octanol–water partition coefficient (Wildman–Crippen LogP) is 0.709. The highest BCUT2D eigenvalue weighted by molar-refractivity contribution is 14.1. The molecule has 0 aromatic heterocycles. The maximum atomic E-state index is 11.0. The molecular weight excluding hydrogens is 289 g/mol. The van der Waals surface area contributed by atoms with E-state index in [2.05, 4.69) is 14.8 Å². The summed E-state index contributed by atoms with van der Waals surface area (Å²) < 4.78 is 9.52. The van der Waals surface area contributed by atoms with Crippen LogP contribution in [0, 0.1) is 0 Å². The molecule has 76 valence electrons. The lowest BCUT2D eigenvalue weighted by Gasteiger charge is -2.12. The van der Waals surface area contributed by atoms with E-state index >= 15 is 0 Å². The number of hydrogen-bond acceptors (Lipinski definition) is 4. The molecule has 0 bridgehead atoms. The molecule has 1 amide bonds. The first kappa shape index (κ1) is 12.5. The topological polar surface area (TPSA) is 64.6 Å². The molecule has 5 nitrogen and oxygen atoms in total. The normalized spacial score (nSPS) is 11.6. The Bertz CT molecular complexity index is 185. The van der Waals surface area contributed by atoms with Crippen LogP contribution in [-0.2, 0) is 14.3 Å². The van der Waals surface area contributed by atoms with Crippen molar-refractivity contribution in [2.75, 3.05) is 18.1 Å². The summed E-state index contributed by atoms with van der Waals surface area (Å²) in [5.74, 6) is -0.470.